The fourth-order valence-corrected chi connectivity index (χ4v) is 3.81. The molecule has 0 atom stereocenters. The zero-order chi connectivity index (χ0) is 14.7. The summed E-state index contributed by atoms with van der Waals surface area (Å²) >= 11 is 1.38. The maximum Gasteiger partial charge on any atom is 0.265 e. The van der Waals surface area contributed by atoms with Crippen LogP contribution in [-0.4, -0.2) is 43.2 Å². The Bertz CT molecular complexity index is 493. The highest BCUT2D eigenvalue weighted by Crippen LogP contribution is 2.29. The molecule has 1 aromatic rings. The largest absolute Gasteiger partial charge is 0.382 e. The zero-order valence-corrected chi connectivity index (χ0v) is 13.0. The number of nitrogens with two attached hydrogens (primary N) is 1. The van der Waals surface area contributed by atoms with Gasteiger partial charge >= 0.3 is 0 Å². The molecule has 0 aromatic carbocycles. The van der Waals surface area contributed by atoms with E-state index >= 15 is 0 Å². The monoisotopic (exact) mass is 310 g/mol. The predicted molar refractivity (Wildman–Crippen MR) is 83.9 cm³/mol. The number of anilines is 2. The van der Waals surface area contributed by atoms with Crippen molar-refractivity contribution in [2.45, 2.75) is 38.1 Å². The Morgan fingerprint density at radius 2 is 2.00 bits per heavy atom. The topological polar surface area (TPSA) is 80.5 Å². The van der Waals surface area contributed by atoms with Crippen molar-refractivity contribution >= 4 is 28.2 Å². The molecule has 0 spiro atoms. The van der Waals surface area contributed by atoms with Gasteiger partial charge in [0.25, 0.3) is 5.91 Å². The Balaban J connectivity index is 1.66. The molecule has 116 valence electrons. The van der Waals surface area contributed by atoms with Crippen molar-refractivity contribution in [3.63, 3.8) is 0 Å². The van der Waals surface area contributed by atoms with E-state index in [0.717, 1.165) is 31.1 Å². The van der Waals surface area contributed by atoms with Crippen LogP contribution in [0.2, 0.25) is 0 Å². The van der Waals surface area contributed by atoms with Gasteiger partial charge in [0.1, 0.15) is 10.7 Å². The Kier molecular flexibility index (Phi) is 4.60. The average Bonchev–Trinajstić information content (AvgIpc) is 2.91. The second-order valence-electron chi connectivity index (χ2n) is 5.62. The number of amides is 1. The summed E-state index contributed by atoms with van der Waals surface area (Å²) in [4.78, 5) is 19.4. The van der Waals surface area contributed by atoms with Crippen molar-refractivity contribution in [2.75, 3.05) is 36.9 Å². The van der Waals surface area contributed by atoms with Crippen LogP contribution in [-0.2, 0) is 4.74 Å². The number of thiazole rings is 1. The molecule has 1 aromatic heterocycles. The van der Waals surface area contributed by atoms with Crippen LogP contribution in [0.25, 0.3) is 0 Å². The Labute approximate surface area is 128 Å². The molecule has 2 heterocycles. The molecular weight excluding hydrogens is 288 g/mol. The van der Waals surface area contributed by atoms with E-state index in [0.29, 0.717) is 30.0 Å². The minimum atomic E-state index is -0.0728. The third-order valence-electron chi connectivity index (χ3n) is 4.07. The fourth-order valence-electron chi connectivity index (χ4n) is 2.87. The van der Waals surface area contributed by atoms with E-state index in [1.165, 1.54) is 30.6 Å². The minimum Gasteiger partial charge on any atom is -0.382 e. The van der Waals surface area contributed by atoms with Crippen molar-refractivity contribution in [2.24, 2.45) is 0 Å². The van der Waals surface area contributed by atoms with Gasteiger partial charge in [-0.3, -0.25) is 4.79 Å². The smallest absolute Gasteiger partial charge is 0.265 e. The van der Waals surface area contributed by atoms with Crippen molar-refractivity contribution in [1.29, 1.82) is 0 Å². The number of rotatable bonds is 3. The number of nitrogens with zero attached hydrogens (tertiary/aromatic N) is 2. The van der Waals surface area contributed by atoms with Crippen molar-refractivity contribution in [3.8, 4) is 0 Å². The predicted octanol–water partition coefficient (Wildman–Crippen LogP) is 1.62. The normalized spacial score (nSPS) is 20.5. The first kappa shape index (κ1) is 14.6. The van der Waals surface area contributed by atoms with E-state index < -0.39 is 0 Å². The highest BCUT2D eigenvalue weighted by Gasteiger charge is 2.23. The summed E-state index contributed by atoms with van der Waals surface area (Å²) in [7, 11) is 0. The molecule has 3 rings (SSSR count). The van der Waals surface area contributed by atoms with Crippen LogP contribution in [0.4, 0.5) is 10.9 Å². The van der Waals surface area contributed by atoms with Gasteiger partial charge in [-0.1, -0.05) is 30.6 Å². The quantitative estimate of drug-likeness (QED) is 0.887. The first-order valence-corrected chi connectivity index (χ1v) is 8.45. The van der Waals surface area contributed by atoms with Crippen LogP contribution in [0.5, 0.6) is 0 Å². The Hall–Kier alpha value is -1.34. The SMILES string of the molecule is Nc1nc(N2CCOCC2)sc1C(=O)NC1CCCCC1. The number of ether oxygens (including phenoxy) is 1. The maximum absolute atomic E-state index is 12.4. The van der Waals surface area contributed by atoms with Crippen LogP contribution in [0.15, 0.2) is 0 Å². The molecule has 21 heavy (non-hydrogen) atoms. The molecule has 1 saturated carbocycles. The van der Waals surface area contributed by atoms with Gasteiger partial charge in [0.2, 0.25) is 0 Å². The summed E-state index contributed by atoms with van der Waals surface area (Å²) < 4.78 is 5.33. The minimum absolute atomic E-state index is 0.0728. The average molecular weight is 310 g/mol. The number of morpholine rings is 1. The molecule has 0 bridgehead atoms. The summed E-state index contributed by atoms with van der Waals surface area (Å²) in [6.07, 6.45) is 5.81. The van der Waals surface area contributed by atoms with Crippen molar-refractivity contribution < 1.29 is 9.53 Å². The van der Waals surface area contributed by atoms with Gasteiger partial charge in [-0.2, -0.15) is 0 Å². The molecule has 0 unspecified atom stereocenters. The third-order valence-corrected chi connectivity index (χ3v) is 5.20. The lowest BCUT2D eigenvalue weighted by molar-refractivity contribution is 0.0932. The highest BCUT2D eigenvalue weighted by atomic mass is 32.1. The second-order valence-corrected chi connectivity index (χ2v) is 6.60. The Morgan fingerprint density at radius 1 is 1.29 bits per heavy atom. The van der Waals surface area contributed by atoms with Gasteiger partial charge in [0, 0.05) is 19.1 Å². The van der Waals surface area contributed by atoms with Crippen molar-refractivity contribution in [3.05, 3.63) is 4.88 Å². The van der Waals surface area contributed by atoms with Gasteiger partial charge in [-0.15, -0.1) is 0 Å². The van der Waals surface area contributed by atoms with E-state index in [-0.39, 0.29) is 5.91 Å². The summed E-state index contributed by atoms with van der Waals surface area (Å²) in [5.41, 5.74) is 5.93. The van der Waals surface area contributed by atoms with Crippen LogP contribution < -0.4 is 16.0 Å². The van der Waals surface area contributed by atoms with E-state index in [9.17, 15) is 4.79 Å². The molecule has 3 N–H and O–H groups in total. The number of aromatic nitrogens is 1. The fraction of sp³-hybridized carbons (Fsp3) is 0.714. The first-order chi connectivity index (χ1) is 10.2. The lowest BCUT2D eigenvalue weighted by Gasteiger charge is -2.26. The van der Waals surface area contributed by atoms with Gasteiger partial charge in [0.15, 0.2) is 5.13 Å². The number of nitrogen functional groups attached to an aromatic ring is 1. The molecule has 2 fully saturated rings. The third kappa shape index (κ3) is 3.47. The van der Waals surface area contributed by atoms with Crippen molar-refractivity contribution in [1.82, 2.24) is 10.3 Å². The van der Waals surface area contributed by atoms with Crippen LogP contribution in [0, 0.1) is 0 Å². The van der Waals surface area contributed by atoms with Crippen LogP contribution in [0.1, 0.15) is 41.8 Å². The summed E-state index contributed by atoms with van der Waals surface area (Å²) in [6.45, 7) is 3.00. The zero-order valence-electron chi connectivity index (χ0n) is 12.1. The molecule has 1 aliphatic heterocycles. The van der Waals surface area contributed by atoms with E-state index in [1.807, 2.05) is 0 Å². The molecule has 1 amide bonds. The number of nitrogens with one attached hydrogen (secondary N) is 1. The molecule has 1 aliphatic carbocycles. The van der Waals surface area contributed by atoms with E-state index in [1.54, 1.807) is 0 Å². The summed E-state index contributed by atoms with van der Waals surface area (Å²) in [5, 5.41) is 3.92. The second kappa shape index (κ2) is 6.62. The van der Waals surface area contributed by atoms with Gasteiger partial charge in [0.05, 0.1) is 13.2 Å². The van der Waals surface area contributed by atoms with Gasteiger partial charge in [-0.05, 0) is 12.8 Å². The lowest BCUT2D eigenvalue weighted by Crippen LogP contribution is -2.36. The molecule has 6 nitrogen and oxygen atoms in total. The highest BCUT2D eigenvalue weighted by molar-refractivity contribution is 7.18. The number of hydrogen-bond acceptors (Lipinski definition) is 6. The molecule has 2 aliphatic rings. The lowest BCUT2D eigenvalue weighted by atomic mass is 9.95. The summed E-state index contributed by atoms with van der Waals surface area (Å²) in [5.74, 6) is 0.270. The number of carbonyl (C=O) groups is 1. The molecule has 1 saturated heterocycles. The maximum atomic E-state index is 12.4. The van der Waals surface area contributed by atoms with Gasteiger partial charge in [-0.25, -0.2) is 4.98 Å². The summed E-state index contributed by atoms with van der Waals surface area (Å²) in [6, 6.07) is 0.291. The molecule has 0 radical (unpaired) electrons. The van der Waals surface area contributed by atoms with E-state index in [2.05, 4.69) is 15.2 Å². The van der Waals surface area contributed by atoms with Gasteiger partial charge < -0.3 is 20.7 Å². The van der Waals surface area contributed by atoms with E-state index in [4.69, 9.17) is 10.5 Å². The standard InChI is InChI=1S/C14H22N4O2S/c15-12-11(13(19)16-10-4-2-1-3-5-10)21-14(17-12)18-6-8-20-9-7-18/h10H,1-9,15H2,(H,16,19). The molecule has 7 heteroatoms. The first-order valence-electron chi connectivity index (χ1n) is 7.64. The van der Waals surface area contributed by atoms with Crippen LogP contribution in [0.3, 0.4) is 0 Å². The van der Waals surface area contributed by atoms with Crippen LogP contribution >= 0.6 is 11.3 Å². The number of hydrogen-bond donors (Lipinski definition) is 2. The Morgan fingerprint density at radius 3 is 2.71 bits per heavy atom. The number of carbonyl (C=O) groups excluding carboxylic acids is 1. The molecular formula is C14H22N4O2S.